The van der Waals surface area contributed by atoms with E-state index in [9.17, 15) is 14.0 Å². The first-order valence-electron chi connectivity index (χ1n) is 10.0. The zero-order valence-electron chi connectivity index (χ0n) is 16.7. The van der Waals surface area contributed by atoms with Crippen LogP contribution in [0.1, 0.15) is 57.7 Å². The molecule has 154 valence electrons. The number of benzene rings is 2. The molecule has 0 radical (unpaired) electrons. The Morgan fingerprint density at radius 1 is 1.03 bits per heavy atom. The molecule has 1 heterocycles. The molecule has 4 nitrogen and oxygen atoms in total. The Morgan fingerprint density at radius 3 is 2.57 bits per heavy atom. The van der Waals surface area contributed by atoms with Crippen LogP contribution in [-0.2, 0) is 17.6 Å². The second kappa shape index (κ2) is 8.79. The molecule has 1 unspecified atom stereocenters. The van der Waals surface area contributed by atoms with Crippen LogP contribution in [0, 0.1) is 5.82 Å². The van der Waals surface area contributed by atoms with Crippen LogP contribution in [0.5, 0.6) is 0 Å². The Balaban J connectivity index is 1.65. The minimum Gasteiger partial charge on any atom is -0.340 e. The smallest absolute Gasteiger partial charge is 0.255 e. The number of carbonyl (C=O) groups excluding carboxylic acids is 2. The van der Waals surface area contributed by atoms with E-state index in [2.05, 4.69) is 28.8 Å². The Morgan fingerprint density at radius 2 is 1.83 bits per heavy atom. The lowest BCUT2D eigenvalue weighted by Gasteiger charge is -2.22. The molecule has 6 heteroatoms. The number of carbonyl (C=O) groups is 2. The van der Waals surface area contributed by atoms with Crippen LogP contribution in [0.25, 0.3) is 0 Å². The number of nitrogens with one attached hydrogen (secondary N) is 2. The predicted octanol–water partition coefficient (Wildman–Crippen LogP) is 5.24. The lowest BCUT2D eigenvalue weighted by atomic mass is 9.89. The van der Waals surface area contributed by atoms with Gasteiger partial charge < -0.3 is 10.6 Å². The molecule has 2 aromatic carbocycles. The number of halogens is 1. The molecule has 1 aliphatic rings. The molecule has 0 bridgehead atoms. The van der Waals surface area contributed by atoms with Crippen molar-refractivity contribution in [1.82, 2.24) is 5.32 Å². The van der Waals surface area contributed by atoms with Crippen molar-refractivity contribution >= 4 is 28.8 Å². The van der Waals surface area contributed by atoms with Gasteiger partial charge in [0, 0.05) is 17.5 Å². The molecule has 0 aliphatic heterocycles. The van der Waals surface area contributed by atoms with Gasteiger partial charge in [0.05, 0.1) is 11.6 Å². The van der Waals surface area contributed by atoms with Gasteiger partial charge in [0.15, 0.2) is 0 Å². The Kier molecular flexibility index (Phi) is 5.95. The number of amides is 2. The Hall–Kier alpha value is -2.99. The Bertz CT molecular complexity index is 1080. The maximum atomic E-state index is 14.4. The quantitative estimate of drug-likeness (QED) is 0.590. The molecule has 3 aromatic rings. The zero-order valence-corrected chi connectivity index (χ0v) is 17.5. The first-order valence-corrected chi connectivity index (χ1v) is 10.9. The topological polar surface area (TPSA) is 58.2 Å². The second-order valence-electron chi connectivity index (χ2n) is 7.53. The molecule has 4 rings (SSSR count). The zero-order chi connectivity index (χ0) is 21.1. The third-order valence-electron chi connectivity index (χ3n) is 5.34. The van der Waals surface area contributed by atoms with Gasteiger partial charge in [-0.3, -0.25) is 9.59 Å². The third kappa shape index (κ3) is 4.44. The van der Waals surface area contributed by atoms with Crippen molar-refractivity contribution in [3.8, 4) is 0 Å². The SMILES string of the molecule is CC(=O)Nc1ccc(F)c(C(=O)NC(c2ccc3c(c2)CCCC3)c2cccs2)c1. The summed E-state index contributed by atoms with van der Waals surface area (Å²) in [6.45, 7) is 1.37. The van der Waals surface area contributed by atoms with Gasteiger partial charge in [-0.15, -0.1) is 11.3 Å². The number of thiophene rings is 1. The first-order chi connectivity index (χ1) is 14.5. The van der Waals surface area contributed by atoms with E-state index in [-0.39, 0.29) is 17.5 Å². The van der Waals surface area contributed by atoms with E-state index in [1.54, 1.807) is 11.3 Å². The Labute approximate surface area is 179 Å². The van der Waals surface area contributed by atoms with E-state index < -0.39 is 11.7 Å². The highest BCUT2D eigenvalue weighted by Crippen LogP contribution is 2.30. The molecule has 30 heavy (non-hydrogen) atoms. The number of anilines is 1. The van der Waals surface area contributed by atoms with Crippen LogP contribution in [0.2, 0.25) is 0 Å². The van der Waals surface area contributed by atoms with Crippen LogP contribution >= 0.6 is 11.3 Å². The van der Waals surface area contributed by atoms with E-state index in [0.717, 1.165) is 23.3 Å². The fourth-order valence-corrected chi connectivity index (χ4v) is 4.70. The van der Waals surface area contributed by atoms with Crippen molar-refractivity contribution in [3.63, 3.8) is 0 Å². The summed E-state index contributed by atoms with van der Waals surface area (Å²) >= 11 is 1.55. The van der Waals surface area contributed by atoms with Crippen LogP contribution in [0.4, 0.5) is 10.1 Å². The second-order valence-corrected chi connectivity index (χ2v) is 8.51. The monoisotopic (exact) mass is 422 g/mol. The molecule has 2 amide bonds. The van der Waals surface area contributed by atoms with E-state index in [0.29, 0.717) is 5.69 Å². The van der Waals surface area contributed by atoms with Gasteiger partial charge in [0.1, 0.15) is 5.82 Å². The van der Waals surface area contributed by atoms with Gasteiger partial charge >= 0.3 is 0 Å². The highest BCUT2D eigenvalue weighted by atomic mass is 32.1. The van der Waals surface area contributed by atoms with Crippen LogP contribution in [0.3, 0.4) is 0 Å². The third-order valence-corrected chi connectivity index (χ3v) is 6.28. The molecule has 1 aromatic heterocycles. The summed E-state index contributed by atoms with van der Waals surface area (Å²) in [7, 11) is 0. The van der Waals surface area contributed by atoms with Crippen molar-refractivity contribution < 1.29 is 14.0 Å². The minimum absolute atomic E-state index is 0.0965. The summed E-state index contributed by atoms with van der Waals surface area (Å²) in [5.74, 6) is -1.42. The van der Waals surface area contributed by atoms with Crippen molar-refractivity contribution in [1.29, 1.82) is 0 Å². The summed E-state index contributed by atoms with van der Waals surface area (Å²) in [6.07, 6.45) is 4.52. The fourth-order valence-electron chi connectivity index (χ4n) is 3.90. The van der Waals surface area contributed by atoms with Crippen molar-refractivity contribution in [2.24, 2.45) is 0 Å². The molecular formula is C24H23FN2O2S. The minimum atomic E-state index is -0.628. The molecule has 0 fully saturated rings. The average molecular weight is 423 g/mol. The van der Waals surface area contributed by atoms with E-state index in [1.807, 2.05) is 17.5 Å². The van der Waals surface area contributed by atoms with Gasteiger partial charge in [-0.05, 0) is 72.0 Å². The van der Waals surface area contributed by atoms with E-state index in [1.165, 1.54) is 49.1 Å². The molecule has 2 N–H and O–H groups in total. The summed E-state index contributed by atoms with van der Waals surface area (Å²) in [4.78, 5) is 25.3. The van der Waals surface area contributed by atoms with Crippen LogP contribution < -0.4 is 10.6 Å². The van der Waals surface area contributed by atoms with Gasteiger partial charge in [0.2, 0.25) is 5.91 Å². The molecule has 0 saturated heterocycles. The standard InChI is InChI=1S/C24H23FN2O2S/c1-15(28)26-19-10-11-21(25)20(14-19)24(29)27-23(22-7-4-12-30-22)18-9-8-16-5-2-3-6-17(16)13-18/h4,7-14,23H,2-3,5-6H2,1H3,(H,26,28)(H,27,29). The van der Waals surface area contributed by atoms with Gasteiger partial charge in [-0.2, -0.15) is 0 Å². The molecular weight excluding hydrogens is 399 g/mol. The maximum absolute atomic E-state index is 14.4. The molecule has 0 spiro atoms. The van der Waals surface area contributed by atoms with Crippen molar-refractivity contribution in [2.45, 2.75) is 38.6 Å². The fraction of sp³-hybridized carbons (Fsp3) is 0.250. The number of aryl methyl sites for hydroxylation is 2. The van der Waals surface area contributed by atoms with E-state index in [4.69, 9.17) is 0 Å². The molecule has 1 aliphatic carbocycles. The van der Waals surface area contributed by atoms with Crippen LogP contribution in [-0.4, -0.2) is 11.8 Å². The molecule has 0 saturated carbocycles. The predicted molar refractivity (Wildman–Crippen MR) is 117 cm³/mol. The van der Waals surface area contributed by atoms with Gasteiger partial charge in [-0.25, -0.2) is 4.39 Å². The van der Waals surface area contributed by atoms with Gasteiger partial charge in [0.25, 0.3) is 5.91 Å². The lowest BCUT2D eigenvalue weighted by molar-refractivity contribution is -0.114. The number of fused-ring (bicyclic) bond motifs is 1. The highest BCUT2D eigenvalue weighted by Gasteiger charge is 2.22. The van der Waals surface area contributed by atoms with Crippen LogP contribution in [0.15, 0.2) is 53.9 Å². The molecule has 1 atom stereocenters. The van der Waals surface area contributed by atoms with Gasteiger partial charge in [-0.1, -0.05) is 24.3 Å². The number of hydrogen-bond acceptors (Lipinski definition) is 3. The lowest BCUT2D eigenvalue weighted by Crippen LogP contribution is -2.30. The summed E-state index contributed by atoms with van der Waals surface area (Å²) in [5, 5.41) is 7.55. The largest absolute Gasteiger partial charge is 0.340 e. The average Bonchev–Trinajstić information content (AvgIpc) is 3.27. The number of hydrogen-bond donors (Lipinski definition) is 2. The maximum Gasteiger partial charge on any atom is 0.255 e. The van der Waals surface area contributed by atoms with Crippen molar-refractivity contribution in [3.05, 3.63) is 86.9 Å². The highest BCUT2D eigenvalue weighted by molar-refractivity contribution is 7.10. The first kappa shape index (κ1) is 20.3. The normalized spacial score (nSPS) is 13.9. The summed E-state index contributed by atoms with van der Waals surface area (Å²) < 4.78 is 14.4. The number of rotatable bonds is 5. The summed E-state index contributed by atoms with van der Waals surface area (Å²) in [6, 6.07) is 13.9. The van der Waals surface area contributed by atoms with E-state index >= 15 is 0 Å². The van der Waals surface area contributed by atoms with Crippen molar-refractivity contribution in [2.75, 3.05) is 5.32 Å². The summed E-state index contributed by atoms with van der Waals surface area (Å²) in [5.41, 5.74) is 3.98.